The second kappa shape index (κ2) is 4.82. The Morgan fingerprint density at radius 1 is 1.44 bits per heavy atom. The minimum absolute atomic E-state index is 0.171. The third kappa shape index (κ3) is 2.28. The highest BCUT2D eigenvalue weighted by molar-refractivity contribution is 5.89. The zero-order valence-electron chi connectivity index (χ0n) is 12.1. The maximum Gasteiger partial charge on any atom is 0.244 e. The van der Waals surface area contributed by atoms with Crippen molar-refractivity contribution in [1.29, 1.82) is 0 Å². The summed E-state index contributed by atoms with van der Waals surface area (Å²) in [5.74, 6) is 0.289. The molecule has 4 heteroatoms. The smallest absolute Gasteiger partial charge is 0.244 e. The summed E-state index contributed by atoms with van der Waals surface area (Å²) in [7, 11) is 1.71. The fourth-order valence-corrected chi connectivity index (χ4v) is 3.19. The molecule has 1 amide bonds. The predicted molar refractivity (Wildman–Crippen MR) is 71.2 cm³/mol. The average Bonchev–Trinajstić information content (AvgIpc) is 2.91. The molecule has 1 aliphatic heterocycles. The molecule has 2 fully saturated rings. The first-order chi connectivity index (χ1) is 8.44. The van der Waals surface area contributed by atoms with Gasteiger partial charge in [0.25, 0.3) is 0 Å². The maximum absolute atomic E-state index is 12.7. The number of rotatable bonds is 4. The van der Waals surface area contributed by atoms with E-state index in [1.54, 1.807) is 7.11 Å². The molecular weight excluding hydrogens is 228 g/mol. The van der Waals surface area contributed by atoms with E-state index in [1.807, 2.05) is 18.7 Å². The number of nitrogens with one attached hydrogen (secondary N) is 1. The van der Waals surface area contributed by atoms with E-state index < -0.39 is 0 Å². The first-order valence-corrected chi connectivity index (χ1v) is 7.08. The lowest BCUT2D eigenvalue weighted by Crippen LogP contribution is -2.47. The molecule has 0 bridgehead atoms. The van der Waals surface area contributed by atoms with Crippen LogP contribution in [0.1, 0.15) is 52.9 Å². The van der Waals surface area contributed by atoms with Gasteiger partial charge in [-0.25, -0.2) is 0 Å². The van der Waals surface area contributed by atoms with Gasteiger partial charge in [-0.15, -0.1) is 0 Å². The maximum atomic E-state index is 12.7. The molecule has 1 saturated carbocycles. The number of nitrogens with zero attached hydrogens (tertiary/aromatic N) is 1. The number of amides is 1. The monoisotopic (exact) mass is 254 g/mol. The van der Waals surface area contributed by atoms with Crippen LogP contribution in [-0.2, 0) is 9.53 Å². The quantitative estimate of drug-likeness (QED) is 0.833. The first-order valence-electron chi connectivity index (χ1n) is 7.08. The van der Waals surface area contributed by atoms with Gasteiger partial charge in [-0.3, -0.25) is 10.1 Å². The predicted octanol–water partition coefficient (Wildman–Crippen LogP) is 1.89. The molecule has 1 heterocycles. The topological polar surface area (TPSA) is 41.6 Å². The molecule has 18 heavy (non-hydrogen) atoms. The normalized spacial score (nSPS) is 27.4. The molecular formula is C14H26N2O2. The summed E-state index contributed by atoms with van der Waals surface area (Å²) in [6.45, 7) is 6.86. The number of hydrogen-bond donors (Lipinski definition) is 1. The van der Waals surface area contributed by atoms with Gasteiger partial charge in [0.15, 0.2) is 0 Å². The summed E-state index contributed by atoms with van der Waals surface area (Å²) in [4.78, 5) is 14.7. The van der Waals surface area contributed by atoms with Gasteiger partial charge in [0.2, 0.25) is 5.91 Å². The highest BCUT2D eigenvalue weighted by atomic mass is 16.5. The van der Waals surface area contributed by atoms with E-state index in [0.29, 0.717) is 6.54 Å². The van der Waals surface area contributed by atoms with E-state index in [1.165, 1.54) is 0 Å². The Kier molecular flexibility index (Phi) is 3.70. The van der Waals surface area contributed by atoms with Gasteiger partial charge in [-0.2, -0.15) is 0 Å². The summed E-state index contributed by atoms with van der Waals surface area (Å²) in [5, 5.41) is 3.58. The van der Waals surface area contributed by atoms with Crippen LogP contribution >= 0.6 is 0 Å². The van der Waals surface area contributed by atoms with Gasteiger partial charge in [-0.1, -0.05) is 19.8 Å². The van der Waals surface area contributed by atoms with Gasteiger partial charge in [-0.05, 0) is 33.1 Å². The van der Waals surface area contributed by atoms with E-state index in [2.05, 4.69) is 12.2 Å². The third-order valence-electron chi connectivity index (χ3n) is 4.44. The number of carbonyl (C=O) groups is 1. The Morgan fingerprint density at radius 3 is 2.56 bits per heavy atom. The largest absolute Gasteiger partial charge is 0.377 e. The third-order valence-corrected chi connectivity index (χ3v) is 4.44. The Labute approximate surface area is 110 Å². The second-order valence-corrected chi connectivity index (χ2v) is 6.25. The SMILES string of the molecule is CCC1NC2(CCCC2)C(=O)N1CC(C)(C)OC. The van der Waals surface area contributed by atoms with Crippen molar-refractivity contribution < 1.29 is 9.53 Å². The van der Waals surface area contributed by atoms with Crippen molar-refractivity contribution >= 4 is 5.91 Å². The first kappa shape index (κ1) is 13.8. The zero-order chi connectivity index (χ0) is 13.4. The second-order valence-electron chi connectivity index (χ2n) is 6.25. The summed E-state index contributed by atoms with van der Waals surface area (Å²) in [5.41, 5.74) is -0.542. The lowest BCUT2D eigenvalue weighted by atomic mass is 9.97. The molecule has 0 aromatic carbocycles. The van der Waals surface area contributed by atoms with Gasteiger partial charge < -0.3 is 9.64 Å². The van der Waals surface area contributed by atoms with Crippen molar-refractivity contribution in [2.24, 2.45) is 0 Å². The Bertz CT molecular complexity index is 322. The van der Waals surface area contributed by atoms with Gasteiger partial charge in [0, 0.05) is 7.11 Å². The standard InChI is InChI=1S/C14H26N2O2/c1-5-11-15-14(8-6-7-9-14)12(17)16(11)10-13(2,3)18-4/h11,15H,5-10H2,1-4H3. The average molecular weight is 254 g/mol. The molecule has 1 N–H and O–H groups in total. The molecule has 0 aromatic heterocycles. The summed E-state index contributed by atoms with van der Waals surface area (Å²) < 4.78 is 5.47. The number of hydrogen-bond acceptors (Lipinski definition) is 3. The molecule has 2 aliphatic rings. The van der Waals surface area contributed by atoms with Gasteiger partial charge in [0.1, 0.15) is 0 Å². The van der Waals surface area contributed by atoms with Crippen LogP contribution in [-0.4, -0.2) is 41.8 Å². The van der Waals surface area contributed by atoms with E-state index in [-0.39, 0.29) is 23.2 Å². The number of carbonyl (C=O) groups excluding carboxylic acids is 1. The number of ether oxygens (including phenoxy) is 1. The molecule has 1 unspecified atom stereocenters. The Balaban J connectivity index is 2.16. The molecule has 1 saturated heterocycles. The van der Waals surface area contributed by atoms with Gasteiger partial charge in [0.05, 0.1) is 23.9 Å². The Morgan fingerprint density at radius 2 is 2.06 bits per heavy atom. The fraction of sp³-hybridized carbons (Fsp3) is 0.929. The van der Waals surface area contributed by atoms with E-state index in [0.717, 1.165) is 32.1 Å². The van der Waals surface area contributed by atoms with Crippen LogP contribution in [0.2, 0.25) is 0 Å². The van der Waals surface area contributed by atoms with Crippen LogP contribution in [0, 0.1) is 0 Å². The van der Waals surface area contributed by atoms with Crippen molar-refractivity contribution in [3.63, 3.8) is 0 Å². The molecule has 1 spiro atoms. The molecule has 4 nitrogen and oxygen atoms in total. The lowest BCUT2D eigenvalue weighted by Gasteiger charge is -2.32. The molecule has 1 atom stereocenters. The van der Waals surface area contributed by atoms with Crippen LogP contribution < -0.4 is 5.32 Å². The highest BCUT2D eigenvalue weighted by Crippen LogP contribution is 2.37. The van der Waals surface area contributed by atoms with E-state index in [9.17, 15) is 4.79 Å². The number of methoxy groups -OCH3 is 1. The van der Waals surface area contributed by atoms with E-state index >= 15 is 0 Å². The minimum atomic E-state index is -0.283. The van der Waals surface area contributed by atoms with Crippen LogP contribution in [0.3, 0.4) is 0 Å². The van der Waals surface area contributed by atoms with Crippen molar-refractivity contribution in [3.8, 4) is 0 Å². The van der Waals surface area contributed by atoms with Crippen LogP contribution in [0.4, 0.5) is 0 Å². The highest BCUT2D eigenvalue weighted by Gasteiger charge is 2.52. The molecule has 104 valence electrons. The summed E-state index contributed by atoms with van der Waals surface area (Å²) in [6.07, 6.45) is 5.43. The summed E-state index contributed by atoms with van der Waals surface area (Å²) >= 11 is 0. The lowest BCUT2D eigenvalue weighted by molar-refractivity contribution is -0.136. The van der Waals surface area contributed by atoms with Crippen LogP contribution in [0.15, 0.2) is 0 Å². The van der Waals surface area contributed by atoms with Crippen LogP contribution in [0.25, 0.3) is 0 Å². The molecule has 0 radical (unpaired) electrons. The Hall–Kier alpha value is -0.610. The van der Waals surface area contributed by atoms with Crippen molar-refractivity contribution in [2.75, 3.05) is 13.7 Å². The fourth-order valence-electron chi connectivity index (χ4n) is 3.19. The van der Waals surface area contributed by atoms with Crippen molar-refractivity contribution in [2.45, 2.75) is 70.2 Å². The zero-order valence-corrected chi connectivity index (χ0v) is 12.1. The molecule has 1 aliphatic carbocycles. The minimum Gasteiger partial charge on any atom is -0.377 e. The van der Waals surface area contributed by atoms with E-state index in [4.69, 9.17) is 4.74 Å². The van der Waals surface area contributed by atoms with Crippen LogP contribution in [0.5, 0.6) is 0 Å². The van der Waals surface area contributed by atoms with Crippen molar-refractivity contribution in [3.05, 3.63) is 0 Å². The molecule has 2 rings (SSSR count). The van der Waals surface area contributed by atoms with Gasteiger partial charge >= 0.3 is 0 Å². The molecule has 0 aromatic rings. The summed E-state index contributed by atoms with van der Waals surface area (Å²) in [6, 6.07) is 0. The van der Waals surface area contributed by atoms with Crippen molar-refractivity contribution in [1.82, 2.24) is 10.2 Å².